The second-order valence-electron chi connectivity index (χ2n) is 7.20. The Bertz CT molecular complexity index is 743. The second kappa shape index (κ2) is 11.1. The van der Waals surface area contributed by atoms with Gasteiger partial charge in [-0.25, -0.2) is 8.42 Å². The van der Waals surface area contributed by atoms with Crippen molar-refractivity contribution in [2.75, 3.05) is 25.0 Å². The first kappa shape index (κ1) is 23.1. The first-order valence-corrected chi connectivity index (χ1v) is 12.0. The average molecular weight is 430 g/mol. The van der Waals surface area contributed by atoms with Gasteiger partial charge >= 0.3 is 0 Å². The molecule has 1 aromatic carbocycles. The molecule has 0 radical (unpaired) electrons. The molecule has 0 heterocycles. The van der Waals surface area contributed by atoms with Crippen LogP contribution in [0.1, 0.15) is 58.8 Å². The van der Waals surface area contributed by atoms with Gasteiger partial charge in [-0.05, 0) is 31.0 Å². The summed E-state index contributed by atoms with van der Waals surface area (Å²) in [5.74, 6) is -0.221. The van der Waals surface area contributed by atoms with Gasteiger partial charge in [-0.2, -0.15) is 4.31 Å². The highest BCUT2D eigenvalue weighted by Crippen LogP contribution is 2.27. The van der Waals surface area contributed by atoms with Gasteiger partial charge in [-0.15, -0.1) is 0 Å². The van der Waals surface area contributed by atoms with Gasteiger partial charge in [0, 0.05) is 19.1 Å². The molecule has 1 amide bonds. The summed E-state index contributed by atoms with van der Waals surface area (Å²) >= 11 is 6.18. The van der Waals surface area contributed by atoms with Crippen LogP contribution >= 0.6 is 11.6 Å². The first-order valence-electron chi connectivity index (χ1n) is 10.2. The molecule has 0 spiro atoms. The number of amides is 1. The standard InChI is InChI=1S/C20H32ClN3O3S/c1-3-24(4-2)28(26,27)17-12-13-18(21)19(14-17)23-20(25)15-22-16-10-8-6-5-7-9-11-16/h12-14,16,22H,3-11,15H2,1-2H3,(H,23,25). The van der Waals surface area contributed by atoms with E-state index in [1.807, 2.05) is 0 Å². The fourth-order valence-corrected chi connectivity index (χ4v) is 5.21. The number of halogens is 1. The third-order valence-electron chi connectivity index (χ3n) is 5.21. The molecule has 1 aromatic rings. The topological polar surface area (TPSA) is 78.5 Å². The second-order valence-corrected chi connectivity index (χ2v) is 9.55. The molecule has 158 valence electrons. The van der Waals surface area contributed by atoms with Gasteiger partial charge in [0.2, 0.25) is 15.9 Å². The van der Waals surface area contributed by atoms with Gasteiger partial charge < -0.3 is 10.6 Å². The average Bonchev–Trinajstić information content (AvgIpc) is 2.63. The van der Waals surface area contributed by atoms with E-state index in [2.05, 4.69) is 10.6 Å². The maximum atomic E-state index is 12.7. The lowest BCUT2D eigenvalue weighted by Gasteiger charge is -2.21. The molecule has 0 atom stereocenters. The predicted molar refractivity (Wildman–Crippen MR) is 114 cm³/mol. The lowest BCUT2D eigenvalue weighted by Crippen LogP contribution is -2.36. The number of hydrogen-bond donors (Lipinski definition) is 2. The number of nitrogens with zero attached hydrogens (tertiary/aromatic N) is 1. The Hall–Kier alpha value is -1.15. The normalized spacial score (nSPS) is 16.6. The Kier molecular flexibility index (Phi) is 9.21. The highest BCUT2D eigenvalue weighted by atomic mass is 35.5. The van der Waals surface area contributed by atoms with Gasteiger partial charge in [0.25, 0.3) is 0 Å². The number of carbonyl (C=O) groups is 1. The summed E-state index contributed by atoms with van der Waals surface area (Å²) < 4.78 is 26.8. The molecular weight excluding hydrogens is 398 g/mol. The van der Waals surface area contributed by atoms with Crippen LogP contribution in [0.4, 0.5) is 5.69 Å². The summed E-state index contributed by atoms with van der Waals surface area (Å²) in [6.07, 6.45) is 8.38. The van der Waals surface area contributed by atoms with E-state index in [9.17, 15) is 13.2 Å². The molecule has 0 unspecified atom stereocenters. The van der Waals surface area contributed by atoms with E-state index >= 15 is 0 Å². The van der Waals surface area contributed by atoms with Gasteiger partial charge in [-0.1, -0.05) is 57.6 Å². The van der Waals surface area contributed by atoms with Crippen LogP contribution in [0.15, 0.2) is 23.1 Å². The van der Waals surface area contributed by atoms with Crippen LogP contribution in [0.25, 0.3) is 0 Å². The van der Waals surface area contributed by atoms with E-state index < -0.39 is 10.0 Å². The molecule has 0 saturated heterocycles. The smallest absolute Gasteiger partial charge is 0.243 e. The predicted octanol–water partition coefficient (Wildman–Crippen LogP) is 4.01. The van der Waals surface area contributed by atoms with Gasteiger partial charge in [0.15, 0.2) is 0 Å². The van der Waals surface area contributed by atoms with E-state index in [1.54, 1.807) is 13.8 Å². The SMILES string of the molecule is CCN(CC)S(=O)(=O)c1ccc(Cl)c(NC(=O)CNC2CCCCCCC2)c1. The van der Waals surface area contributed by atoms with Crippen LogP contribution in [0.5, 0.6) is 0 Å². The van der Waals surface area contributed by atoms with Gasteiger partial charge in [-0.3, -0.25) is 4.79 Å². The van der Waals surface area contributed by atoms with Crippen LogP contribution in [0.3, 0.4) is 0 Å². The Balaban J connectivity index is 2.01. The summed E-state index contributed by atoms with van der Waals surface area (Å²) in [4.78, 5) is 12.5. The minimum absolute atomic E-state index is 0.129. The summed E-state index contributed by atoms with van der Waals surface area (Å²) in [7, 11) is -3.61. The van der Waals surface area contributed by atoms with Crippen molar-refractivity contribution in [1.82, 2.24) is 9.62 Å². The molecule has 1 aliphatic carbocycles. The molecule has 2 rings (SSSR count). The molecule has 0 aliphatic heterocycles. The monoisotopic (exact) mass is 429 g/mol. The van der Waals surface area contributed by atoms with E-state index in [4.69, 9.17) is 11.6 Å². The van der Waals surface area contributed by atoms with Crippen LogP contribution < -0.4 is 10.6 Å². The van der Waals surface area contributed by atoms with E-state index in [0.29, 0.717) is 29.8 Å². The number of nitrogens with one attached hydrogen (secondary N) is 2. The third kappa shape index (κ3) is 6.44. The number of carbonyl (C=O) groups excluding carboxylic acids is 1. The van der Waals surface area contributed by atoms with Crippen molar-refractivity contribution in [1.29, 1.82) is 0 Å². The highest BCUT2D eigenvalue weighted by molar-refractivity contribution is 7.89. The Morgan fingerprint density at radius 1 is 1.11 bits per heavy atom. The minimum Gasteiger partial charge on any atom is -0.324 e. The van der Waals surface area contributed by atoms with E-state index in [1.165, 1.54) is 54.6 Å². The van der Waals surface area contributed by atoms with Crippen molar-refractivity contribution in [3.8, 4) is 0 Å². The molecule has 1 saturated carbocycles. The molecular formula is C20H32ClN3O3S. The van der Waals surface area contributed by atoms with Crippen molar-refractivity contribution in [3.63, 3.8) is 0 Å². The van der Waals surface area contributed by atoms with Crippen molar-refractivity contribution in [3.05, 3.63) is 23.2 Å². The maximum absolute atomic E-state index is 12.7. The number of anilines is 1. The molecule has 2 N–H and O–H groups in total. The molecule has 28 heavy (non-hydrogen) atoms. The quantitative estimate of drug-likeness (QED) is 0.654. The summed E-state index contributed by atoms with van der Waals surface area (Å²) in [6.45, 7) is 4.54. The van der Waals surface area contributed by atoms with Crippen LogP contribution in [0.2, 0.25) is 5.02 Å². The summed E-state index contributed by atoms with van der Waals surface area (Å²) in [5.41, 5.74) is 0.319. The zero-order valence-electron chi connectivity index (χ0n) is 16.8. The van der Waals surface area contributed by atoms with Crippen molar-refractivity contribution >= 4 is 33.2 Å². The van der Waals surface area contributed by atoms with Crippen LogP contribution in [0, 0.1) is 0 Å². The number of hydrogen-bond acceptors (Lipinski definition) is 4. The number of sulfonamides is 1. The fraction of sp³-hybridized carbons (Fsp3) is 0.650. The summed E-state index contributed by atoms with van der Waals surface area (Å²) in [6, 6.07) is 4.77. The van der Waals surface area contributed by atoms with Crippen LogP contribution in [-0.4, -0.2) is 44.3 Å². The first-order chi connectivity index (χ1) is 13.4. The Labute approximate surface area is 174 Å². The minimum atomic E-state index is -3.61. The Morgan fingerprint density at radius 2 is 1.71 bits per heavy atom. The third-order valence-corrected chi connectivity index (χ3v) is 7.59. The number of rotatable bonds is 8. The molecule has 1 aliphatic rings. The largest absolute Gasteiger partial charge is 0.324 e. The lowest BCUT2D eigenvalue weighted by molar-refractivity contribution is -0.115. The van der Waals surface area contributed by atoms with Gasteiger partial charge in [0.1, 0.15) is 0 Å². The van der Waals surface area contributed by atoms with Crippen molar-refractivity contribution in [2.24, 2.45) is 0 Å². The molecule has 6 nitrogen and oxygen atoms in total. The summed E-state index contributed by atoms with van der Waals surface area (Å²) in [5, 5.41) is 6.39. The van der Waals surface area contributed by atoms with Crippen molar-refractivity contribution < 1.29 is 13.2 Å². The van der Waals surface area contributed by atoms with Gasteiger partial charge in [0.05, 0.1) is 22.2 Å². The Morgan fingerprint density at radius 3 is 2.32 bits per heavy atom. The number of benzene rings is 1. The fourth-order valence-electron chi connectivity index (χ4n) is 3.56. The maximum Gasteiger partial charge on any atom is 0.243 e. The zero-order chi connectivity index (χ0) is 20.6. The zero-order valence-corrected chi connectivity index (χ0v) is 18.4. The van der Waals surface area contributed by atoms with E-state index in [0.717, 1.165) is 12.8 Å². The van der Waals surface area contributed by atoms with Crippen molar-refractivity contribution in [2.45, 2.75) is 69.7 Å². The molecule has 8 heteroatoms. The lowest BCUT2D eigenvalue weighted by atomic mass is 9.97. The van der Waals surface area contributed by atoms with E-state index in [-0.39, 0.29) is 17.3 Å². The molecule has 1 fully saturated rings. The molecule has 0 aromatic heterocycles. The highest BCUT2D eigenvalue weighted by Gasteiger charge is 2.23. The molecule has 0 bridgehead atoms. The van der Waals surface area contributed by atoms with Crippen LogP contribution in [-0.2, 0) is 14.8 Å².